The summed E-state index contributed by atoms with van der Waals surface area (Å²) in [6, 6.07) is 7.07. The molecule has 1 aromatic carbocycles. The number of amides is 2. The number of halogens is 1. The van der Waals surface area contributed by atoms with E-state index in [1.165, 1.54) is 12.0 Å². The molecule has 0 spiro atoms. The summed E-state index contributed by atoms with van der Waals surface area (Å²) in [5.41, 5.74) is 0.763. The van der Waals surface area contributed by atoms with E-state index in [1.54, 1.807) is 24.3 Å². The van der Waals surface area contributed by atoms with Gasteiger partial charge in [0.2, 0.25) is 0 Å². The summed E-state index contributed by atoms with van der Waals surface area (Å²) in [6.45, 7) is 4.40. The van der Waals surface area contributed by atoms with Gasteiger partial charge in [-0.15, -0.1) is 0 Å². The molecule has 1 fully saturated rings. The van der Waals surface area contributed by atoms with Crippen LogP contribution in [0.1, 0.15) is 12.0 Å². The lowest BCUT2D eigenvalue weighted by Gasteiger charge is -2.27. The van der Waals surface area contributed by atoms with Gasteiger partial charge in [0.15, 0.2) is 0 Å². The van der Waals surface area contributed by atoms with Crippen molar-refractivity contribution in [2.24, 2.45) is 0 Å². The Kier molecular flexibility index (Phi) is 5.73. The Bertz CT molecular complexity index is 698. The third-order valence-corrected chi connectivity index (χ3v) is 4.80. The molecular formula is C18H21ClN2O4. The molecule has 0 atom stereocenters. The minimum Gasteiger partial charge on any atom is -0.496 e. The lowest BCUT2D eigenvalue weighted by atomic mass is 10.1. The zero-order valence-corrected chi connectivity index (χ0v) is 14.9. The van der Waals surface area contributed by atoms with E-state index in [1.807, 2.05) is 0 Å². The second-order valence-corrected chi connectivity index (χ2v) is 6.34. The smallest absolute Gasteiger partial charge is 0.273 e. The van der Waals surface area contributed by atoms with Crippen molar-refractivity contribution in [1.29, 1.82) is 0 Å². The van der Waals surface area contributed by atoms with Gasteiger partial charge in [-0.3, -0.25) is 19.4 Å². The molecule has 7 heteroatoms. The molecule has 1 saturated heterocycles. The van der Waals surface area contributed by atoms with Crippen LogP contribution >= 0.6 is 11.6 Å². The van der Waals surface area contributed by atoms with Gasteiger partial charge in [0.05, 0.1) is 25.9 Å². The number of nitrogens with zero attached hydrogens (tertiary/aromatic N) is 2. The summed E-state index contributed by atoms with van der Waals surface area (Å²) in [4.78, 5) is 28.7. The fraction of sp³-hybridized carbons (Fsp3) is 0.444. The first-order valence-electron chi connectivity index (χ1n) is 8.33. The molecule has 0 saturated carbocycles. The van der Waals surface area contributed by atoms with Crippen molar-refractivity contribution in [3.8, 4) is 5.75 Å². The maximum atomic E-state index is 12.8. The van der Waals surface area contributed by atoms with Crippen molar-refractivity contribution in [2.45, 2.75) is 6.42 Å². The van der Waals surface area contributed by atoms with Gasteiger partial charge in [0, 0.05) is 31.7 Å². The topological polar surface area (TPSA) is 59.1 Å². The van der Waals surface area contributed by atoms with Crippen LogP contribution in [0.3, 0.4) is 0 Å². The van der Waals surface area contributed by atoms with Crippen molar-refractivity contribution in [1.82, 2.24) is 9.80 Å². The van der Waals surface area contributed by atoms with Gasteiger partial charge >= 0.3 is 0 Å². The Balaban J connectivity index is 1.68. The number of imide groups is 1. The van der Waals surface area contributed by atoms with Crippen molar-refractivity contribution < 1.29 is 19.1 Å². The molecule has 0 radical (unpaired) electrons. The van der Waals surface area contributed by atoms with Crippen LogP contribution in [-0.4, -0.2) is 68.1 Å². The van der Waals surface area contributed by atoms with Gasteiger partial charge in [-0.1, -0.05) is 29.8 Å². The number of carbonyl (C=O) groups is 2. The molecule has 2 aliphatic heterocycles. The average molecular weight is 365 g/mol. The van der Waals surface area contributed by atoms with Gasteiger partial charge in [-0.2, -0.15) is 0 Å². The van der Waals surface area contributed by atoms with E-state index in [0.29, 0.717) is 24.3 Å². The molecule has 0 aromatic heterocycles. The third kappa shape index (κ3) is 3.71. The highest BCUT2D eigenvalue weighted by Gasteiger charge is 2.38. The van der Waals surface area contributed by atoms with Crippen LogP contribution in [0.5, 0.6) is 5.75 Å². The molecule has 0 N–H and O–H groups in total. The zero-order valence-electron chi connectivity index (χ0n) is 14.2. The summed E-state index contributed by atoms with van der Waals surface area (Å²) in [5.74, 6) is -0.275. The van der Waals surface area contributed by atoms with Crippen LogP contribution < -0.4 is 4.74 Å². The molecule has 2 aliphatic rings. The number of benzene rings is 1. The number of hydrogen-bond donors (Lipinski definition) is 0. The minimum atomic E-state index is -0.436. The van der Waals surface area contributed by atoms with Gasteiger partial charge in [-0.25, -0.2) is 0 Å². The van der Waals surface area contributed by atoms with E-state index in [9.17, 15) is 9.59 Å². The van der Waals surface area contributed by atoms with Gasteiger partial charge < -0.3 is 9.47 Å². The van der Waals surface area contributed by atoms with Crippen molar-refractivity contribution in [3.05, 3.63) is 34.9 Å². The molecule has 25 heavy (non-hydrogen) atoms. The summed E-state index contributed by atoms with van der Waals surface area (Å²) in [7, 11) is 1.52. The minimum absolute atomic E-state index is 0.0409. The van der Waals surface area contributed by atoms with Crippen LogP contribution in [0, 0.1) is 0 Å². The van der Waals surface area contributed by atoms with E-state index in [2.05, 4.69) is 4.90 Å². The van der Waals surface area contributed by atoms with E-state index in [0.717, 1.165) is 32.8 Å². The Hall–Kier alpha value is -1.89. The van der Waals surface area contributed by atoms with Crippen LogP contribution in [-0.2, 0) is 14.3 Å². The van der Waals surface area contributed by atoms with E-state index < -0.39 is 5.91 Å². The highest BCUT2D eigenvalue weighted by atomic mass is 35.5. The van der Waals surface area contributed by atoms with Gasteiger partial charge in [0.1, 0.15) is 10.8 Å². The Morgan fingerprint density at radius 3 is 2.56 bits per heavy atom. The largest absolute Gasteiger partial charge is 0.496 e. The lowest BCUT2D eigenvalue weighted by Crippen LogP contribution is -2.39. The first kappa shape index (κ1) is 17.9. The van der Waals surface area contributed by atoms with Crippen LogP contribution in [0.2, 0.25) is 0 Å². The average Bonchev–Trinajstić information content (AvgIpc) is 2.86. The molecular weight excluding hydrogens is 344 g/mol. The van der Waals surface area contributed by atoms with Crippen molar-refractivity contribution >= 4 is 29.0 Å². The van der Waals surface area contributed by atoms with Crippen molar-refractivity contribution in [2.75, 3.05) is 46.5 Å². The highest BCUT2D eigenvalue weighted by Crippen LogP contribution is 2.36. The number of para-hydroxylation sites is 1. The fourth-order valence-electron chi connectivity index (χ4n) is 3.11. The zero-order chi connectivity index (χ0) is 17.8. The number of ether oxygens (including phenoxy) is 2. The summed E-state index contributed by atoms with van der Waals surface area (Å²) in [6.07, 6.45) is 0.709. The van der Waals surface area contributed by atoms with Crippen LogP contribution in [0.25, 0.3) is 5.57 Å². The molecule has 0 unspecified atom stereocenters. The molecule has 2 heterocycles. The Labute approximate surface area is 151 Å². The first-order chi connectivity index (χ1) is 12.1. The number of morpholine rings is 1. The Morgan fingerprint density at radius 1 is 1.12 bits per heavy atom. The van der Waals surface area contributed by atoms with E-state index in [-0.39, 0.29) is 16.5 Å². The van der Waals surface area contributed by atoms with Crippen LogP contribution in [0.15, 0.2) is 29.3 Å². The second-order valence-electron chi connectivity index (χ2n) is 5.96. The quantitative estimate of drug-likeness (QED) is 0.719. The normalized spacial score (nSPS) is 19.0. The first-order valence-corrected chi connectivity index (χ1v) is 8.70. The number of methoxy groups -OCH3 is 1. The molecule has 2 amide bonds. The molecule has 0 bridgehead atoms. The number of carbonyl (C=O) groups excluding carboxylic acids is 2. The number of rotatable bonds is 6. The lowest BCUT2D eigenvalue weighted by molar-refractivity contribution is -0.136. The van der Waals surface area contributed by atoms with Gasteiger partial charge in [0.25, 0.3) is 11.8 Å². The molecule has 134 valence electrons. The standard InChI is InChI=1S/C18H21ClN2O4/c1-24-14-6-3-2-5-13(14)15-16(19)18(23)21(17(15)22)8-4-7-20-9-11-25-12-10-20/h2-3,5-6H,4,7-12H2,1H3. The summed E-state index contributed by atoms with van der Waals surface area (Å²) < 4.78 is 10.6. The number of hydrogen-bond acceptors (Lipinski definition) is 5. The second kappa shape index (κ2) is 7.99. The maximum Gasteiger partial charge on any atom is 0.273 e. The predicted molar refractivity (Wildman–Crippen MR) is 94.4 cm³/mol. The van der Waals surface area contributed by atoms with Gasteiger partial charge in [-0.05, 0) is 12.5 Å². The van der Waals surface area contributed by atoms with E-state index >= 15 is 0 Å². The van der Waals surface area contributed by atoms with Crippen molar-refractivity contribution in [3.63, 3.8) is 0 Å². The monoisotopic (exact) mass is 364 g/mol. The summed E-state index contributed by atoms with van der Waals surface area (Å²) in [5, 5.41) is -0.0409. The SMILES string of the molecule is COc1ccccc1C1=C(Cl)C(=O)N(CCCN2CCOCC2)C1=O. The predicted octanol–water partition coefficient (Wildman–Crippen LogP) is 1.74. The third-order valence-electron chi connectivity index (χ3n) is 4.45. The molecule has 3 rings (SSSR count). The maximum absolute atomic E-state index is 12.8. The highest BCUT2D eigenvalue weighted by molar-refractivity contribution is 6.55. The Morgan fingerprint density at radius 2 is 1.84 bits per heavy atom. The fourth-order valence-corrected chi connectivity index (χ4v) is 3.40. The van der Waals surface area contributed by atoms with E-state index in [4.69, 9.17) is 21.1 Å². The summed E-state index contributed by atoms with van der Waals surface area (Å²) >= 11 is 6.19. The molecule has 0 aliphatic carbocycles. The molecule has 6 nitrogen and oxygen atoms in total. The molecule has 1 aromatic rings. The van der Waals surface area contributed by atoms with Crippen LogP contribution in [0.4, 0.5) is 0 Å².